The molecule has 0 saturated carbocycles. The van der Waals surface area contributed by atoms with Crippen LogP contribution < -0.4 is 0 Å². The summed E-state index contributed by atoms with van der Waals surface area (Å²) in [5.41, 5.74) is -2.27. The molecule has 11 nitrogen and oxygen atoms in total. The van der Waals surface area contributed by atoms with Gasteiger partial charge in [0.1, 0.15) is 36.1 Å². The van der Waals surface area contributed by atoms with E-state index in [1.165, 1.54) is 0 Å². The van der Waals surface area contributed by atoms with Gasteiger partial charge < -0.3 is 54.7 Å². The lowest BCUT2D eigenvalue weighted by Crippen LogP contribution is -2.59. The summed E-state index contributed by atoms with van der Waals surface area (Å²) in [5, 5.41) is 69.2. The molecule has 0 bridgehead atoms. The van der Waals surface area contributed by atoms with E-state index < -0.39 is 60.9 Å². The Morgan fingerprint density at radius 2 is 1.76 bits per heavy atom. The molecule has 0 radical (unpaired) electrons. The Morgan fingerprint density at radius 3 is 2.31 bits per heavy atom. The fraction of sp³-hybridized carbons (Fsp3) is 0.889. The molecular formula is C18H32O11. The highest BCUT2D eigenvalue weighted by Gasteiger charge is 2.50. The maximum Gasteiger partial charge on any atom is 0.187 e. The van der Waals surface area contributed by atoms with Gasteiger partial charge in [-0.25, -0.2) is 0 Å². The average molecular weight is 424 g/mol. The highest BCUT2D eigenvalue weighted by molar-refractivity contribution is 5.10. The zero-order chi connectivity index (χ0) is 22.0. The van der Waals surface area contributed by atoms with E-state index >= 15 is 0 Å². The monoisotopic (exact) mass is 424 g/mol. The molecule has 8 atom stereocenters. The SMILES string of the molecule is CC(=CCOC1OC(COC2OCC(O)(CO)C2O)C(O)C(O)C1O)C(C)(C)O. The molecule has 0 amide bonds. The van der Waals surface area contributed by atoms with Gasteiger partial charge in [-0.05, 0) is 26.3 Å². The number of aliphatic hydroxyl groups excluding tert-OH is 5. The topological polar surface area (TPSA) is 179 Å². The maximum absolute atomic E-state index is 10.1. The minimum absolute atomic E-state index is 0.0259. The van der Waals surface area contributed by atoms with Crippen molar-refractivity contribution in [1.82, 2.24) is 0 Å². The third-order valence-corrected chi connectivity index (χ3v) is 5.29. The first-order valence-corrected chi connectivity index (χ1v) is 9.36. The van der Waals surface area contributed by atoms with Crippen molar-refractivity contribution in [2.24, 2.45) is 0 Å². The van der Waals surface area contributed by atoms with E-state index in [0.717, 1.165) is 0 Å². The zero-order valence-corrected chi connectivity index (χ0v) is 16.7. The van der Waals surface area contributed by atoms with Crippen molar-refractivity contribution in [3.8, 4) is 0 Å². The minimum atomic E-state index is -1.86. The second kappa shape index (κ2) is 9.62. The van der Waals surface area contributed by atoms with Crippen LogP contribution in [0.15, 0.2) is 11.6 Å². The van der Waals surface area contributed by atoms with Crippen molar-refractivity contribution in [3.63, 3.8) is 0 Å². The number of rotatable bonds is 8. The number of aliphatic hydroxyl groups is 7. The first-order chi connectivity index (χ1) is 13.4. The highest BCUT2D eigenvalue weighted by atomic mass is 16.7. The third-order valence-electron chi connectivity index (χ3n) is 5.29. The van der Waals surface area contributed by atoms with E-state index in [-0.39, 0.29) is 19.8 Å². The Labute approximate surface area is 168 Å². The molecule has 0 aliphatic carbocycles. The van der Waals surface area contributed by atoms with Crippen molar-refractivity contribution in [2.75, 3.05) is 26.4 Å². The lowest BCUT2D eigenvalue weighted by Gasteiger charge is -2.40. The Balaban J connectivity index is 1.93. The minimum Gasteiger partial charge on any atom is -0.393 e. The smallest absolute Gasteiger partial charge is 0.187 e. The Morgan fingerprint density at radius 1 is 1.10 bits per heavy atom. The number of ether oxygens (including phenoxy) is 4. The summed E-state index contributed by atoms with van der Waals surface area (Å²) < 4.78 is 21.3. The van der Waals surface area contributed by atoms with Gasteiger partial charge in [0.05, 0.1) is 32.0 Å². The summed E-state index contributed by atoms with van der Waals surface area (Å²) in [6, 6.07) is 0. The normalized spacial score (nSPS) is 41.7. The van der Waals surface area contributed by atoms with E-state index in [9.17, 15) is 30.6 Å². The van der Waals surface area contributed by atoms with Crippen LogP contribution in [-0.2, 0) is 18.9 Å². The van der Waals surface area contributed by atoms with Gasteiger partial charge in [0.15, 0.2) is 12.6 Å². The first kappa shape index (κ1) is 24.6. The highest BCUT2D eigenvalue weighted by Crippen LogP contribution is 2.27. The molecule has 0 aromatic carbocycles. The molecule has 2 saturated heterocycles. The molecule has 2 fully saturated rings. The van der Waals surface area contributed by atoms with Crippen molar-refractivity contribution < 1.29 is 54.7 Å². The molecule has 0 spiro atoms. The third kappa shape index (κ3) is 5.71. The van der Waals surface area contributed by atoms with Gasteiger partial charge in [-0.1, -0.05) is 6.08 Å². The van der Waals surface area contributed by atoms with Crippen LogP contribution in [0.5, 0.6) is 0 Å². The van der Waals surface area contributed by atoms with Gasteiger partial charge in [-0.2, -0.15) is 0 Å². The van der Waals surface area contributed by atoms with Crippen LogP contribution >= 0.6 is 0 Å². The molecule has 2 heterocycles. The van der Waals surface area contributed by atoms with Crippen molar-refractivity contribution in [2.45, 2.75) is 75.1 Å². The van der Waals surface area contributed by atoms with Crippen LogP contribution in [0.3, 0.4) is 0 Å². The summed E-state index contributed by atoms with van der Waals surface area (Å²) in [7, 11) is 0. The molecule has 8 unspecified atom stereocenters. The van der Waals surface area contributed by atoms with E-state index in [1.54, 1.807) is 26.8 Å². The van der Waals surface area contributed by atoms with Crippen molar-refractivity contribution in [1.29, 1.82) is 0 Å². The first-order valence-electron chi connectivity index (χ1n) is 9.36. The predicted molar refractivity (Wildman–Crippen MR) is 96.4 cm³/mol. The summed E-state index contributed by atoms with van der Waals surface area (Å²) in [5.74, 6) is 0. The van der Waals surface area contributed by atoms with E-state index in [4.69, 9.17) is 24.1 Å². The van der Waals surface area contributed by atoms with Crippen LogP contribution in [0.4, 0.5) is 0 Å². The lowest BCUT2D eigenvalue weighted by atomic mass is 9.99. The number of hydrogen-bond acceptors (Lipinski definition) is 11. The molecular weight excluding hydrogens is 392 g/mol. The van der Waals surface area contributed by atoms with Gasteiger partial charge in [0.25, 0.3) is 0 Å². The fourth-order valence-electron chi connectivity index (χ4n) is 2.83. The summed E-state index contributed by atoms with van der Waals surface area (Å²) in [6.07, 6.45) is -8.22. The quantitative estimate of drug-likeness (QED) is 0.197. The van der Waals surface area contributed by atoms with Crippen molar-refractivity contribution >= 4 is 0 Å². The lowest BCUT2D eigenvalue weighted by molar-refractivity contribution is -0.307. The Kier molecular flexibility index (Phi) is 8.15. The van der Waals surface area contributed by atoms with Crippen LogP contribution in [0, 0.1) is 0 Å². The van der Waals surface area contributed by atoms with Gasteiger partial charge in [0, 0.05) is 0 Å². The summed E-state index contributed by atoms with van der Waals surface area (Å²) >= 11 is 0. The molecule has 7 N–H and O–H groups in total. The molecule has 0 aromatic rings. The molecule has 2 aliphatic rings. The fourth-order valence-corrected chi connectivity index (χ4v) is 2.83. The largest absolute Gasteiger partial charge is 0.393 e. The molecule has 29 heavy (non-hydrogen) atoms. The molecule has 2 rings (SSSR count). The summed E-state index contributed by atoms with van der Waals surface area (Å²) in [6.45, 7) is 3.47. The zero-order valence-electron chi connectivity index (χ0n) is 16.7. The number of hydrogen-bond donors (Lipinski definition) is 7. The second-order valence-corrected chi connectivity index (χ2v) is 8.01. The van der Waals surface area contributed by atoms with Crippen LogP contribution in [-0.4, -0.2) is 116 Å². The maximum atomic E-state index is 10.1. The van der Waals surface area contributed by atoms with Gasteiger partial charge in [0.2, 0.25) is 0 Å². The predicted octanol–water partition coefficient (Wildman–Crippen LogP) is -3.01. The van der Waals surface area contributed by atoms with Crippen LogP contribution in [0.25, 0.3) is 0 Å². The van der Waals surface area contributed by atoms with E-state index in [1.807, 2.05) is 0 Å². The van der Waals surface area contributed by atoms with Gasteiger partial charge in [-0.15, -0.1) is 0 Å². The second-order valence-electron chi connectivity index (χ2n) is 8.01. The van der Waals surface area contributed by atoms with Crippen LogP contribution in [0.2, 0.25) is 0 Å². The molecule has 170 valence electrons. The van der Waals surface area contributed by atoms with Crippen molar-refractivity contribution in [3.05, 3.63) is 11.6 Å². The van der Waals surface area contributed by atoms with Gasteiger partial charge in [-0.3, -0.25) is 0 Å². The Hall–Kier alpha value is -0.700. The van der Waals surface area contributed by atoms with E-state index in [0.29, 0.717) is 5.57 Å². The molecule has 2 aliphatic heterocycles. The van der Waals surface area contributed by atoms with Gasteiger partial charge >= 0.3 is 0 Å². The summed E-state index contributed by atoms with van der Waals surface area (Å²) in [4.78, 5) is 0. The van der Waals surface area contributed by atoms with Crippen LogP contribution in [0.1, 0.15) is 20.8 Å². The average Bonchev–Trinajstić information content (AvgIpc) is 2.95. The Bertz CT molecular complexity index is 563. The molecule has 0 aromatic heterocycles. The standard InChI is InChI=1S/C18H32O11/c1-9(17(2,3)24)4-5-26-15-13(22)12(21)11(20)10(29-15)6-27-16-14(23)18(25,7-19)8-28-16/h4,10-16,19-25H,5-8H2,1-3H3. The van der Waals surface area contributed by atoms with E-state index in [2.05, 4.69) is 0 Å². The molecule has 11 heteroatoms.